The molecule has 2 rings (SSSR count). The van der Waals surface area contributed by atoms with Gasteiger partial charge in [-0.25, -0.2) is 0 Å². The molecule has 1 aromatic rings. The summed E-state index contributed by atoms with van der Waals surface area (Å²) in [6.45, 7) is 11.1. The zero-order valence-electron chi connectivity index (χ0n) is 12.8. The molecule has 0 saturated carbocycles. The number of hydrogen-bond donors (Lipinski definition) is 1. The quantitative estimate of drug-likeness (QED) is 0.906. The summed E-state index contributed by atoms with van der Waals surface area (Å²) in [6.07, 6.45) is 1.14. The molecule has 0 aliphatic carbocycles. The maximum Gasteiger partial charge on any atom is 0.119 e. The summed E-state index contributed by atoms with van der Waals surface area (Å²) in [4.78, 5) is 2.52. The molecule has 0 radical (unpaired) electrons. The highest BCUT2D eigenvalue weighted by atomic mass is 16.5. The van der Waals surface area contributed by atoms with E-state index in [2.05, 4.69) is 56.1 Å². The first-order chi connectivity index (χ1) is 8.99. The maximum atomic E-state index is 5.30. The molecule has 3 nitrogen and oxygen atoms in total. The monoisotopic (exact) mass is 262 g/mol. The first kappa shape index (κ1) is 14.2. The van der Waals surface area contributed by atoms with Crippen LogP contribution in [-0.2, 0) is 0 Å². The number of piperazine rings is 1. The van der Waals surface area contributed by atoms with Gasteiger partial charge in [-0.2, -0.15) is 0 Å². The topological polar surface area (TPSA) is 24.5 Å². The van der Waals surface area contributed by atoms with E-state index >= 15 is 0 Å². The number of rotatable bonds is 3. The van der Waals surface area contributed by atoms with Crippen LogP contribution in [0.1, 0.15) is 32.8 Å². The molecule has 1 saturated heterocycles. The van der Waals surface area contributed by atoms with E-state index in [1.807, 2.05) is 0 Å². The van der Waals surface area contributed by atoms with Crippen LogP contribution < -0.4 is 15.0 Å². The lowest BCUT2D eigenvalue weighted by Gasteiger charge is -2.46. The number of methoxy groups -OCH3 is 1. The molecule has 1 fully saturated rings. The fourth-order valence-electron chi connectivity index (χ4n) is 2.73. The predicted molar refractivity (Wildman–Crippen MR) is 81.2 cm³/mol. The van der Waals surface area contributed by atoms with Gasteiger partial charge in [0.2, 0.25) is 0 Å². The molecule has 1 N–H and O–H groups in total. The molecule has 1 aliphatic rings. The highest BCUT2D eigenvalue weighted by molar-refractivity contribution is 5.57. The number of ether oxygens (including phenoxy) is 1. The lowest BCUT2D eigenvalue weighted by atomic mass is 9.93. The van der Waals surface area contributed by atoms with E-state index in [0.717, 1.165) is 25.3 Å². The van der Waals surface area contributed by atoms with Crippen LogP contribution in [0.5, 0.6) is 5.75 Å². The standard InChI is InChI=1S/C16H26N2O/c1-6-16(4)11-18(13(3)10-17-16)15-8-7-14(19-5)9-12(15)2/h7-9,13,17H,6,10-11H2,1-5H3. The van der Waals surface area contributed by atoms with Gasteiger partial charge in [0.05, 0.1) is 7.11 Å². The van der Waals surface area contributed by atoms with E-state index in [4.69, 9.17) is 4.74 Å². The molecule has 0 spiro atoms. The van der Waals surface area contributed by atoms with Gasteiger partial charge in [0.15, 0.2) is 0 Å². The summed E-state index contributed by atoms with van der Waals surface area (Å²) in [6, 6.07) is 6.88. The Morgan fingerprint density at radius 2 is 2.21 bits per heavy atom. The average Bonchev–Trinajstić information content (AvgIpc) is 2.42. The third-order valence-corrected chi connectivity index (χ3v) is 4.37. The fraction of sp³-hybridized carbons (Fsp3) is 0.625. The third kappa shape index (κ3) is 2.86. The van der Waals surface area contributed by atoms with Crippen LogP contribution >= 0.6 is 0 Å². The lowest BCUT2D eigenvalue weighted by Crippen LogP contribution is -2.62. The molecule has 2 atom stereocenters. The Bertz CT molecular complexity index is 446. The third-order valence-electron chi connectivity index (χ3n) is 4.37. The minimum absolute atomic E-state index is 0.207. The number of nitrogens with zero attached hydrogens (tertiary/aromatic N) is 1. The zero-order valence-corrected chi connectivity index (χ0v) is 12.8. The number of anilines is 1. The Balaban J connectivity index is 2.28. The second kappa shape index (κ2) is 5.41. The molecule has 1 aliphatic heterocycles. The van der Waals surface area contributed by atoms with Crippen molar-refractivity contribution < 1.29 is 4.74 Å². The molecule has 1 aromatic carbocycles. The van der Waals surface area contributed by atoms with Crippen LogP contribution in [0.25, 0.3) is 0 Å². The fourth-order valence-corrected chi connectivity index (χ4v) is 2.73. The van der Waals surface area contributed by atoms with Gasteiger partial charge in [-0.15, -0.1) is 0 Å². The van der Waals surface area contributed by atoms with Gasteiger partial charge in [-0.05, 0) is 51.0 Å². The van der Waals surface area contributed by atoms with Crippen molar-refractivity contribution in [3.05, 3.63) is 23.8 Å². The van der Waals surface area contributed by atoms with Crippen LogP contribution in [0.4, 0.5) is 5.69 Å². The molecule has 0 bridgehead atoms. The minimum atomic E-state index is 0.207. The molecule has 0 amide bonds. The van der Waals surface area contributed by atoms with Crippen molar-refractivity contribution in [3.8, 4) is 5.75 Å². The van der Waals surface area contributed by atoms with Crippen LogP contribution in [0.2, 0.25) is 0 Å². The van der Waals surface area contributed by atoms with Crippen LogP contribution in [-0.4, -0.2) is 31.8 Å². The molecule has 2 unspecified atom stereocenters. The first-order valence-corrected chi connectivity index (χ1v) is 7.15. The average molecular weight is 262 g/mol. The summed E-state index contributed by atoms with van der Waals surface area (Å²) in [5.74, 6) is 0.933. The number of nitrogens with one attached hydrogen (secondary N) is 1. The zero-order chi connectivity index (χ0) is 14.0. The van der Waals surface area contributed by atoms with Gasteiger partial charge in [-0.1, -0.05) is 6.92 Å². The summed E-state index contributed by atoms with van der Waals surface area (Å²) in [5, 5.41) is 3.67. The van der Waals surface area contributed by atoms with Crippen LogP contribution in [0, 0.1) is 6.92 Å². The second-order valence-electron chi connectivity index (χ2n) is 5.92. The molecule has 19 heavy (non-hydrogen) atoms. The Morgan fingerprint density at radius 1 is 1.47 bits per heavy atom. The van der Waals surface area contributed by atoms with Gasteiger partial charge < -0.3 is 15.0 Å². The Kier molecular flexibility index (Phi) is 4.04. The van der Waals surface area contributed by atoms with E-state index in [1.165, 1.54) is 11.3 Å². The van der Waals surface area contributed by atoms with Gasteiger partial charge in [0, 0.05) is 30.4 Å². The Morgan fingerprint density at radius 3 is 2.79 bits per heavy atom. The van der Waals surface area contributed by atoms with Crippen molar-refractivity contribution in [2.24, 2.45) is 0 Å². The maximum absolute atomic E-state index is 5.30. The van der Waals surface area contributed by atoms with Crippen LogP contribution in [0.15, 0.2) is 18.2 Å². The van der Waals surface area contributed by atoms with Crippen molar-refractivity contribution in [2.75, 3.05) is 25.1 Å². The molecule has 106 valence electrons. The van der Waals surface area contributed by atoms with Gasteiger partial charge in [0.25, 0.3) is 0 Å². The van der Waals surface area contributed by atoms with Crippen LogP contribution in [0.3, 0.4) is 0 Å². The van der Waals surface area contributed by atoms with Gasteiger partial charge in [0.1, 0.15) is 5.75 Å². The summed E-state index contributed by atoms with van der Waals surface area (Å²) >= 11 is 0. The van der Waals surface area contributed by atoms with E-state index in [0.29, 0.717) is 6.04 Å². The highest BCUT2D eigenvalue weighted by Gasteiger charge is 2.33. The van der Waals surface area contributed by atoms with Crippen molar-refractivity contribution in [1.29, 1.82) is 0 Å². The Labute approximate surface area is 116 Å². The number of aryl methyl sites for hydroxylation is 1. The normalized spacial score (nSPS) is 27.4. The number of hydrogen-bond acceptors (Lipinski definition) is 3. The summed E-state index contributed by atoms with van der Waals surface area (Å²) in [5.41, 5.74) is 2.82. The highest BCUT2D eigenvalue weighted by Crippen LogP contribution is 2.30. The van der Waals surface area contributed by atoms with Crippen molar-refractivity contribution >= 4 is 5.69 Å². The first-order valence-electron chi connectivity index (χ1n) is 7.15. The molecular weight excluding hydrogens is 236 g/mol. The van der Waals surface area contributed by atoms with Gasteiger partial charge >= 0.3 is 0 Å². The molecular formula is C16H26N2O. The van der Waals surface area contributed by atoms with E-state index in [-0.39, 0.29) is 5.54 Å². The van der Waals surface area contributed by atoms with E-state index in [1.54, 1.807) is 7.11 Å². The van der Waals surface area contributed by atoms with E-state index in [9.17, 15) is 0 Å². The second-order valence-corrected chi connectivity index (χ2v) is 5.92. The predicted octanol–water partition coefficient (Wildman–Crippen LogP) is 2.97. The van der Waals surface area contributed by atoms with Gasteiger partial charge in [-0.3, -0.25) is 0 Å². The number of benzene rings is 1. The molecule has 1 heterocycles. The smallest absolute Gasteiger partial charge is 0.119 e. The lowest BCUT2D eigenvalue weighted by molar-refractivity contribution is 0.285. The van der Waals surface area contributed by atoms with Crippen molar-refractivity contribution in [3.63, 3.8) is 0 Å². The van der Waals surface area contributed by atoms with Crippen molar-refractivity contribution in [1.82, 2.24) is 5.32 Å². The summed E-state index contributed by atoms with van der Waals surface area (Å²) < 4.78 is 5.30. The molecule has 3 heteroatoms. The molecule has 0 aromatic heterocycles. The van der Waals surface area contributed by atoms with Crippen molar-refractivity contribution in [2.45, 2.75) is 45.7 Å². The summed E-state index contributed by atoms with van der Waals surface area (Å²) in [7, 11) is 1.72. The van der Waals surface area contributed by atoms with E-state index < -0.39 is 0 Å². The largest absolute Gasteiger partial charge is 0.497 e. The Hall–Kier alpha value is -1.22. The minimum Gasteiger partial charge on any atom is -0.497 e. The SMILES string of the molecule is CCC1(C)CN(c2ccc(OC)cc2C)C(C)CN1.